The van der Waals surface area contributed by atoms with Gasteiger partial charge in [0.15, 0.2) is 11.6 Å². The van der Waals surface area contributed by atoms with Crippen molar-refractivity contribution < 1.29 is 21.9 Å². The van der Waals surface area contributed by atoms with E-state index in [1.165, 1.54) is 11.6 Å². The van der Waals surface area contributed by atoms with Crippen molar-refractivity contribution in [3.8, 4) is 22.6 Å². The van der Waals surface area contributed by atoms with E-state index in [9.17, 15) is 17.2 Å². The first-order chi connectivity index (χ1) is 16.8. The Balaban J connectivity index is 1.49. The third-order valence-electron chi connectivity index (χ3n) is 5.54. The third kappa shape index (κ3) is 4.92. The molecule has 0 unspecified atom stereocenters. The molecule has 1 saturated heterocycles. The molecule has 1 fully saturated rings. The number of hydrogen-bond donors (Lipinski definition) is 0. The summed E-state index contributed by atoms with van der Waals surface area (Å²) in [6.45, 7) is 2.76. The van der Waals surface area contributed by atoms with Crippen LogP contribution in [0.15, 0.2) is 69.5 Å². The zero-order valence-corrected chi connectivity index (χ0v) is 20.5. The predicted molar refractivity (Wildman–Crippen MR) is 129 cm³/mol. The van der Waals surface area contributed by atoms with Crippen LogP contribution in [0.5, 0.6) is 11.5 Å². The number of rotatable bonds is 7. The maximum atomic E-state index is 14.9. The van der Waals surface area contributed by atoms with Gasteiger partial charge in [-0.05, 0) is 61.5 Å². The first-order valence-corrected chi connectivity index (χ1v) is 13.3. The van der Waals surface area contributed by atoms with Crippen molar-refractivity contribution in [1.82, 2.24) is 14.9 Å². The lowest BCUT2D eigenvalue weighted by molar-refractivity contribution is 0.170. The molecular formula is C24H18ClF2N3O3S2. The van der Waals surface area contributed by atoms with Gasteiger partial charge in [0.05, 0.1) is 5.69 Å². The molecule has 2 aromatic heterocycles. The number of nitrogens with zero attached hydrogens (tertiary/aromatic N) is 3. The van der Waals surface area contributed by atoms with Gasteiger partial charge in [0.1, 0.15) is 16.5 Å². The fourth-order valence-electron chi connectivity index (χ4n) is 3.67. The zero-order chi connectivity index (χ0) is 24.6. The molecule has 0 N–H and O–H groups in total. The molecule has 35 heavy (non-hydrogen) atoms. The Morgan fingerprint density at radius 1 is 1.00 bits per heavy atom. The fourth-order valence-corrected chi connectivity index (χ4v) is 6.10. The lowest BCUT2D eigenvalue weighted by Gasteiger charge is -2.30. The molecule has 180 valence electrons. The Kier molecular flexibility index (Phi) is 6.54. The van der Waals surface area contributed by atoms with E-state index in [0.717, 1.165) is 48.2 Å². The number of thiazole rings is 1. The molecule has 1 aliphatic heterocycles. The van der Waals surface area contributed by atoms with Crippen LogP contribution in [0.1, 0.15) is 12.1 Å². The summed E-state index contributed by atoms with van der Waals surface area (Å²) in [5.74, 6) is -2.41. The van der Waals surface area contributed by atoms with Gasteiger partial charge in [-0.3, -0.25) is 9.88 Å². The Morgan fingerprint density at radius 3 is 2.54 bits per heavy atom. The number of halogens is 3. The van der Waals surface area contributed by atoms with Crippen LogP contribution >= 0.6 is 22.9 Å². The highest BCUT2D eigenvalue weighted by Gasteiger charge is 2.27. The lowest BCUT2D eigenvalue weighted by atomic mass is 10.0. The Hall–Kier alpha value is -2.92. The molecule has 5 rings (SSSR count). The number of ether oxygens (including phenoxy) is 1. The molecule has 0 radical (unpaired) electrons. The highest BCUT2D eigenvalue weighted by molar-refractivity contribution is 7.93. The van der Waals surface area contributed by atoms with Gasteiger partial charge in [0, 0.05) is 41.0 Å². The van der Waals surface area contributed by atoms with E-state index < -0.39 is 32.1 Å². The van der Waals surface area contributed by atoms with Gasteiger partial charge < -0.3 is 4.74 Å². The maximum absolute atomic E-state index is 14.9. The van der Waals surface area contributed by atoms with Crippen LogP contribution in [-0.4, -0.2) is 36.4 Å². The van der Waals surface area contributed by atoms with Crippen molar-refractivity contribution in [2.75, 3.05) is 13.1 Å². The van der Waals surface area contributed by atoms with Crippen LogP contribution in [0, 0.1) is 11.6 Å². The molecule has 2 aromatic carbocycles. The van der Waals surface area contributed by atoms with Gasteiger partial charge in [0.25, 0.3) is 0 Å². The first-order valence-electron chi connectivity index (χ1n) is 10.6. The van der Waals surface area contributed by atoms with Gasteiger partial charge in [-0.15, -0.1) is 11.3 Å². The second kappa shape index (κ2) is 9.62. The topological polar surface area (TPSA) is 72.4 Å². The quantitative estimate of drug-likeness (QED) is 0.291. The van der Waals surface area contributed by atoms with E-state index in [4.69, 9.17) is 16.3 Å². The summed E-state index contributed by atoms with van der Waals surface area (Å²) in [5, 5.41) is 1.87. The fraction of sp³-hybridized carbons (Fsp3) is 0.167. The van der Waals surface area contributed by atoms with Gasteiger partial charge >= 0.3 is 0 Å². The largest absolute Gasteiger partial charge is 0.454 e. The standard InChI is InChI=1S/C24H18ClF2N3O3S2/c25-16-2-3-21(18(11-16)15-4-5-28-17(10-15)14-30-7-1-8-30)33-22-12-20(27)23(13-19(22)26)35(31,32)24-29-6-9-34-24/h2-6,9-13H,1,7-8,14H2. The molecule has 6 nitrogen and oxygen atoms in total. The van der Waals surface area contributed by atoms with Gasteiger partial charge in [-0.1, -0.05) is 11.6 Å². The molecule has 4 aromatic rings. The van der Waals surface area contributed by atoms with Gasteiger partial charge in [0.2, 0.25) is 14.2 Å². The van der Waals surface area contributed by atoms with Gasteiger partial charge in [-0.25, -0.2) is 22.2 Å². The Morgan fingerprint density at radius 2 is 1.83 bits per heavy atom. The Bertz CT molecular complexity index is 1490. The van der Waals surface area contributed by atoms with Crippen LogP contribution in [0.3, 0.4) is 0 Å². The lowest BCUT2D eigenvalue weighted by Crippen LogP contribution is -2.36. The minimum Gasteiger partial charge on any atom is -0.454 e. The van der Waals surface area contributed by atoms with Crippen LogP contribution < -0.4 is 4.74 Å². The van der Waals surface area contributed by atoms with Crippen molar-refractivity contribution in [3.05, 3.63) is 82.6 Å². The molecule has 1 aliphatic rings. The molecule has 0 bridgehead atoms. The summed E-state index contributed by atoms with van der Waals surface area (Å²) in [4.78, 5) is 9.58. The maximum Gasteiger partial charge on any atom is 0.236 e. The van der Waals surface area contributed by atoms with E-state index in [1.807, 2.05) is 6.07 Å². The first kappa shape index (κ1) is 23.8. The van der Waals surface area contributed by atoms with Crippen molar-refractivity contribution >= 4 is 32.8 Å². The molecular weight excluding hydrogens is 516 g/mol. The highest BCUT2D eigenvalue weighted by Crippen LogP contribution is 2.38. The average molecular weight is 534 g/mol. The zero-order valence-electron chi connectivity index (χ0n) is 18.1. The second-order valence-corrected chi connectivity index (χ2v) is 11.3. The van der Waals surface area contributed by atoms with Crippen LogP contribution in [0.25, 0.3) is 11.1 Å². The van der Waals surface area contributed by atoms with E-state index in [-0.39, 0.29) is 10.1 Å². The number of benzene rings is 2. The number of sulfone groups is 1. The van der Waals surface area contributed by atoms with Crippen LogP contribution in [-0.2, 0) is 16.4 Å². The smallest absolute Gasteiger partial charge is 0.236 e. The normalized spacial score (nSPS) is 14.0. The molecule has 0 atom stereocenters. The summed E-state index contributed by atoms with van der Waals surface area (Å²) < 4.78 is 60.4. The van der Waals surface area contributed by atoms with Gasteiger partial charge in [-0.2, -0.15) is 0 Å². The molecule has 11 heteroatoms. The molecule has 0 amide bonds. The van der Waals surface area contributed by atoms with Crippen molar-refractivity contribution in [2.45, 2.75) is 22.2 Å². The van der Waals surface area contributed by atoms with E-state index in [2.05, 4.69) is 14.9 Å². The monoisotopic (exact) mass is 533 g/mol. The SMILES string of the molecule is O=S(=O)(c1nccs1)c1cc(F)c(Oc2ccc(Cl)cc2-c2ccnc(CN3CCC3)c2)cc1F. The minimum absolute atomic E-state index is 0.226. The third-order valence-corrected chi connectivity index (χ3v) is 8.74. The van der Waals surface area contributed by atoms with Crippen LogP contribution in [0.4, 0.5) is 8.78 Å². The minimum atomic E-state index is -4.30. The predicted octanol–water partition coefficient (Wildman–Crippen LogP) is 5.97. The van der Waals surface area contributed by atoms with E-state index in [0.29, 0.717) is 23.2 Å². The number of likely N-dealkylation sites (tertiary alicyclic amines) is 1. The number of pyridine rings is 1. The van der Waals surface area contributed by atoms with E-state index >= 15 is 0 Å². The second-order valence-electron chi connectivity index (χ2n) is 7.92. The molecule has 3 heterocycles. The summed E-state index contributed by atoms with van der Waals surface area (Å²) in [6, 6.07) is 9.78. The molecule has 0 aliphatic carbocycles. The van der Waals surface area contributed by atoms with Crippen molar-refractivity contribution in [1.29, 1.82) is 0 Å². The number of aromatic nitrogens is 2. The van der Waals surface area contributed by atoms with Crippen molar-refractivity contribution in [3.63, 3.8) is 0 Å². The average Bonchev–Trinajstić information content (AvgIpc) is 3.36. The molecule has 0 spiro atoms. The molecule has 0 saturated carbocycles. The summed E-state index contributed by atoms with van der Waals surface area (Å²) in [6.07, 6.45) is 4.12. The van der Waals surface area contributed by atoms with E-state index in [1.54, 1.807) is 30.5 Å². The van der Waals surface area contributed by atoms with Crippen LogP contribution in [0.2, 0.25) is 5.02 Å². The summed E-state index contributed by atoms with van der Waals surface area (Å²) >= 11 is 7.03. The Labute approximate surface area is 209 Å². The summed E-state index contributed by atoms with van der Waals surface area (Å²) in [7, 11) is -4.30. The number of hydrogen-bond acceptors (Lipinski definition) is 7. The van der Waals surface area contributed by atoms with Crippen molar-refractivity contribution in [2.24, 2.45) is 0 Å². The summed E-state index contributed by atoms with van der Waals surface area (Å²) in [5.41, 5.74) is 2.17. The highest BCUT2D eigenvalue weighted by atomic mass is 35.5.